The van der Waals surface area contributed by atoms with E-state index in [0.29, 0.717) is 23.4 Å². The Balaban J connectivity index is 2.19. The summed E-state index contributed by atoms with van der Waals surface area (Å²) in [4.78, 5) is 23.7. The first-order valence-corrected chi connectivity index (χ1v) is 7.76. The lowest BCUT2D eigenvalue weighted by Gasteiger charge is -2.11. The minimum absolute atomic E-state index is 0.0619. The molecule has 0 bridgehead atoms. The molecule has 0 aliphatic carbocycles. The number of halogens is 1. The smallest absolute Gasteiger partial charge is 0.255 e. The lowest BCUT2D eigenvalue weighted by Crippen LogP contribution is -2.14. The Labute approximate surface area is 138 Å². The molecular weight excluding hydrogens is 344 g/mol. The van der Waals surface area contributed by atoms with Crippen molar-refractivity contribution < 1.29 is 9.59 Å². The first-order valence-electron chi connectivity index (χ1n) is 6.97. The summed E-state index contributed by atoms with van der Waals surface area (Å²) in [6.45, 7) is 3.70. The van der Waals surface area contributed by atoms with Crippen LogP contribution in [0.15, 0.2) is 46.9 Å². The molecule has 0 heterocycles. The standard InChI is InChI=1S/C17H17BrN2O2/c1-3-16(21)19-14-8-7-11(2)15(10-14)20-17(22)12-5-4-6-13(18)9-12/h4-10H,3H2,1-2H3,(H,19,21)(H,20,22). The predicted octanol–water partition coefficient (Wildman–Crippen LogP) is 4.36. The fourth-order valence-electron chi connectivity index (χ4n) is 1.91. The first-order chi connectivity index (χ1) is 10.5. The van der Waals surface area contributed by atoms with E-state index >= 15 is 0 Å². The number of aryl methyl sites for hydroxylation is 1. The molecule has 4 nitrogen and oxygen atoms in total. The number of carbonyl (C=O) groups excluding carboxylic acids is 2. The Bertz CT molecular complexity index is 714. The van der Waals surface area contributed by atoms with E-state index in [0.717, 1.165) is 10.0 Å². The lowest BCUT2D eigenvalue weighted by molar-refractivity contribution is -0.115. The van der Waals surface area contributed by atoms with Crippen molar-refractivity contribution in [1.82, 2.24) is 0 Å². The monoisotopic (exact) mass is 360 g/mol. The fourth-order valence-corrected chi connectivity index (χ4v) is 2.31. The van der Waals surface area contributed by atoms with E-state index in [9.17, 15) is 9.59 Å². The summed E-state index contributed by atoms with van der Waals surface area (Å²) < 4.78 is 0.848. The van der Waals surface area contributed by atoms with Crippen molar-refractivity contribution in [2.24, 2.45) is 0 Å². The highest BCUT2D eigenvalue weighted by Crippen LogP contribution is 2.22. The maximum atomic E-state index is 12.3. The van der Waals surface area contributed by atoms with Crippen molar-refractivity contribution in [3.8, 4) is 0 Å². The van der Waals surface area contributed by atoms with Crippen LogP contribution in [0.3, 0.4) is 0 Å². The third-order valence-electron chi connectivity index (χ3n) is 3.18. The van der Waals surface area contributed by atoms with Gasteiger partial charge in [-0.05, 0) is 42.8 Å². The van der Waals surface area contributed by atoms with Crippen LogP contribution in [0, 0.1) is 6.92 Å². The molecule has 0 aliphatic heterocycles. The number of rotatable bonds is 4. The molecule has 2 aromatic rings. The van der Waals surface area contributed by atoms with E-state index in [4.69, 9.17) is 0 Å². The van der Waals surface area contributed by atoms with Crippen LogP contribution in [0.25, 0.3) is 0 Å². The molecular formula is C17H17BrN2O2. The van der Waals surface area contributed by atoms with E-state index in [1.54, 1.807) is 25.1 Å². The summed E-state index contributed by atoms with van der Waals surface area (Å²) in [7, 11) is 0. The van der Waals surface area contributed by atoms with Gasteiger partial charge in [0, 0.05) is 27.8 Å². The van der Waals surface area contributed by atoms with E-state index in [2.05, 4.69) is 26.6 Å². The molecule has 0 saturated heterocycles. The van der Waals surface area contributed by atoms with Crippen molar-refractivity contribution in [1.29, 1.82) is 0 Å². The van der Waals surface area contributed by atoms with Crippen molar-refractivity contribution in [3.63, 3.8) is 0 Å². The zero-order valence-corrected chi connectivity index (χ0v) is 14.0. The third kappa shape index (κ3) is 4.18. The molecule has 22 heavy (non-hydrogen) atoms. The van der Waals surface area contributed by atoms with Gasteiger partial charge in [0.25, 0.3) is 5.91 Å². The molecule has 0 fully saturated rings. The summed E-state index contributed by atoms with van der Waals surface area (Å²) in [5.74, 6) is -0.253. The van der Waals surface area contributed by atoms with Crippen LogP contribution in [-0.2, 0) is 4.79 Å². The maximum absolute atomic E-state index is 12.3. The SMILES string of the molecule is CCC(=O)Nc1ccc(C)c(NC(=O)c2cccc(Br)c2)c1. The topological polar surface area (TPSA) is 58.2 Å². The van der Waals surface area contributed by atoms with Crippen LogP contribution >= 0.6 is 15.9 Å². The molecule has 2 amide bonds. The Morgan fingerprint density at radius 3 is 2.55 bits per heavy atom. The van der Waals surface area contributed by atoms with E-state index in [1.807, 2.05) is 31.2 Å². The van der Waals surface area contributed by atoms with Crippen LogP contribution in [0.2, 0.25) is 0 Å². The molecule has 2 aromatic carbocycles. The summed E-state index contributed by atoms with van der Waals surface area (Å²) in [6.07, 6.45) is 0.410. The zero-order valence-electron chi connectivity index (χ0n) is 12.4. The second-order valence-electron chi connectivity index (χ2n) is 4.90. The highest BCUT2D eigenvalue weighted by molar-refractivity contribution is 9.10. The molecule has 0 atom stereocenters. The summed E-state index contributed by atoms with van der Waals surface area (Å²) in [5.41, 5.74) is 2.84. The Kier molecular flexibility index (Phi) is 5.33. The van der Waals surface area contributed by atoms with Gasteiger partial charge in [-0.15, -0.1) is 0 Å². The normalized spacial score (nSPS) is 10.1. The average Bonchev–Trinajstić information content (AvgIpc) is 2.50. The molecule has 0 radical (unpaired) electrons. The third-order valence-corrected chi connectivity index (χ3v) is 3.67. The average molecular weight is 361 g/mol. The first kappa shape index (κ1) is 16.2. The van der Waals surface area contributed by atoms with Crippen LogP contribution in [0.1, 0.15) is 29.3 Å². The Hall–Kier alpha value is -2.14. The van der Waals surface area contributed by atoms with E-state index in [1.165, 1.54) is 0 Å². The van der Waals surface area contributed by atoms with Crippen LogP contribution < -0.4 is 10.6 Å². The summed E-state index contributed by atoms with van der Waals surface area (Å²) in [5, 5.41) is 5.66. The van der Waals surface area contributed by atoms with Gasteiger partial charge >= 0.3 is 0 Å². The number of amides is 2. The van der Waals surface area contributed by atoms with Gasteiger partial charge in [0.05, 0.1) is 0 Å². The molecule has 114 valence electrons. The van der Waals surface area contributed by atoms with Gasteiger partial charge in [-0.1, -0.05) is 35.0 Å². The lowest BCUT2D eigenvalue weighted by atomic mass is 10.1. The van der Waals surface area contributed by atoms with Crippen LogP contribution in [-0.4, -0.2) is 11.8 Å². The second-order valence-corrected chi connectivity index (χ2v) is 5.81. The molecule has 2 N–H and O–H groups in total. The zero-order chi connectivity index (χ0) is 16.1. The highest BCUT2D eigenvalue weighted by atomic mass is 79.9. The number of benzene rings is 2. The Morgan fingerprint density at radius 1 is 1.09 bits per heavy atom. The van der Waals surface area contributed by atoms with Crippen LogP contribution in [0.5, 0.6) is 0 Å². The minimum Gasteiger partial charge on any atom is -0.326 e. The molecule has 2 rings (SSSR count). The van der Waals surface area contributed by atoms with Crippen molar-refractivity contribution in [2.45, 2.75) is 20.3 Å². The van der Waals surface area contributed by atoms with Gasteiger partial charge in [0.15, 0.2) is 0 Å². The minimum atomic E-state index is -0.191. The van der Waals surface area contributed by atoms with Gasteiger partial charge in [-0.2, -0.15) is 0 Å². The predicted molar refractivity (Wildman–Crippen MR) is 92.2 cm³/mol. The van der Waals surface area contributed by atoms with Gasteiger partial charge in [-0.25, -0.2) is 0 Å². The Morgan fingerprint density at radius 2 is 1.86 bits per heavy atom. The number of nitrogens with one attached hydrogen (secondary N) is 2. The molecule has 0 unspecified atom stereocenters. The summed E-state index contributed by atoms with van der Waals surface area (Å²) >= 11 is 3.35. The maximum Gasteiger partial charge on any atom is 0.255 e. The molecule has 0 aromatic heterocycles. The van der Waals surface area contributed by atoms with Gasteiger partial charge in [0.1, 0.15) is 0 Å². The van der Waals surface area contributed by atoms with E-state index < -0.39 is 0 Å². The second kappa shape index (κ2) is 7.22. The highest BCUT2D eigenvalue weighted by Gasteiger charge is 2.09. The largest absolute Gasteiger partial charge is 0.326 e. The van der Waals surface area contributed by atoms with Crippen molar-refractivity contribution >= 4 is 39.1 Å². The summed E-state index contributed by atoms with van der Waals surface area (Å²) in [6, 6.07) is 12.6. The van der Waals surface area contributed by atoms with Gasteiger partial charge in [0.2, 0.25) is 5.91 Å². The number of hydrogen-bond acceptors (Lipinski definition) is 2. The number of carbonyl (C=O) groups is 2. The van der Waals surface area contributed by atoms with Crippen molar-refractivity contribution in [3.05, 3.63) is 58.1 Å². The number of anilines is 2. The molecule has 0 spiro atoms. The fraction of sp³-hybridized carbons (Fsp3) is 0.176. The van der Waals surface area contributed by atoms with Gasteiger partial charge < -0.3 is 10.6 Å². The molecule has 5 heteroatoms. The van der Waals surface area contributed by atoms with E-state index in [-0.39, 0.29) is 11.8 Å². The van der Waals surface area contributed by atoms with Crippen molar-refractivity contribution in [2.75, 3.05) is 10.6 Å². The molecule has 0 aliphatic rings. The van der Waals surface area contributed by atoms with Crippen LogP contribution in [0.4, 0.5) is 11.4 Å². The number of hydrogen-bond donors (Lipinski definition) is 2. The van der Waals surface area contributed by atoms with Gasteiger partial charge in [-0.3, -0.25) is 9.59 Å². The molecule has 0 saturated carbocycles. The quantitative estimate of drug-likeness (QED) is 0.850.